The van der Waals surface area contributed by atoms with Crippen LogP contribution in [0.2, 0.25) is 0 Å². The van der Waals surface area contributed by atoms with Crippen LogP contribution in [0, 0.1) is 0 Å². The number of allylic oxidation sites excluding steroid dienone is 1. The van der Waals surface area contributed by atoms with Crippen molar-refractivity contribution in [2.24, 2.45) is 0 Å². The molecule has 0 aliphatic heterocycles. The first-order chi connectivity index (χ1) is 7.15. The van der Waals surface area contributed by atoms with Crippen molar-refractivity contribution in [1.29, 1.82) is 0 Å². The van der Waals surface area contributed by atoms with E-state index in [9.17, 15) is 4.79 Å². The van der Waals surface area contributed by atoms with Gasteiger partial charge in [-0.25, -0.2) is 4.79 Å². The number of rotatable bonds is 2. The van der Waals surface area contributed by atoms with Gasteiger partial charge in [-0.1, -0.05) is 12.1 Å². The number of carbonyl (C=O) groups is 1. The van der Waals surface area contributed by atoms with Crippen LogP contribution >= 0.6 is 0 Å². The topological polar surface area (TPSA) is 66.8 Å². The second-order valence-electron chi connectivity index (χ2n) is 2.52. The summed E-state index contributed by atoms with van der Waals surface area (Å²) < 4.78 is 4.84. The Bertz CT molecular complexity index is 327. The Labute approximate surface area is 88.4 Å². The summed E-state index contributed by atoms with van der Waals surface area (Å²) in [6.07, 6.45) is 2.56. The highest BCUT2D eigenvalue weighted by Crippen LogP contribution is 2.11. The van der Waals surface area contributed by atoms with Gasteiger partial charge in [0.05, 0.1) is 18.9 Å². The third-order valence-electron chi connectivity index (χ3n) is 1.47. The van der Waals surface area contributed by atoms with Crippen LogP contribution in [0.25, 0.3) is 0 Å². The summed E-state index contributed by atoms with van der Waals surface area (Å²) in [5, 5.41) is 16.2. The number of hydrogen-bond donors (Lipinski definition) is 2. The van der Waals surface area contributed by atoms with Crippen molar-refractivity contribution in [3.8, 4) is 5.75 Å². The second-order valence-corrected chi connectivity index (χ2v) is 2.52. The van der Waals surface area contributed by atoms with Crippen LogP contribution in [-0.4, -0.2) is 23.3 Å². The van der Waals surface area contributed by atoms with E-state index in [2.05, 4.69) is 0 Å². The van der Waals surface area contributed by atoms with Gasteiger partial charge in [-0.3, -0.25) is 0 Å². The zero-order valence-electron chi connectivity index (χ0n) is 8.68. The molecule has 4 heteroatoms. The smallest absolute Gasteiger partial charge is 0.335 e. The average Bonchev–Trinajstić information content (AvgIpc) is 2.29. The van der Waals surface area contributed by atoms with Gasteiger partial charge in [0.1, 0.15) is 5.75 Å². The van der Waals surface area contributed by atoms with Crippen LogP contribution in [-0.2, 0) is 0 Å². The lowest BCUT2D eigenvalue weighted by Crippen LogP contribution is -1.95. The molecule has 0 aromatic heterocycles. The number of benzene rings is 1. The molecule has 0 saturated carbocycles. The van der Waals surface area contributed by atoms with E-state index in [1.165, 1.54) is 19.2 Å². The Morgan fingerprint density at radius 2 is 2.07 bits per heavy atom. The Kier molecular flexibility index (Phi) is 6.46. The van der Waals surface area contributed by atoms with Gasteiger partial charge < -0.3 is 14.9 Å². The van der Waals surface area contributed by atoms with Crippen LogP contribution in [0.4, 0.5) is 0 Å². The molecular weight excluding hydrogens is 196 g/mol. The maximum Gasteiger partial charge on any atom is 0.335 e. The Morgan fingerprint density at radius 3 is 2.47 bits per heavy atom. The Morgan fingerprint density at radius 1 is 1.47 bits per heavy atom. The fraction of sp³-hybridized carbons (Fsp3) is 0.182. The summed E-state index contributed by atoms with van der Waals surface area (Å²) in [6, 6.07) is 6.34. The van der Waals surface area contributed by atoms with Gasteiger partial charge in [-0.2, -0.15) is 0 Å². The molecule has 0 spiro atoms. The number of methoxy groups -OCH3 is 1. The van der Waals surface area contributed by atoms with Crippen molar-refractivity contribution in [1.82, 2.24) is 0 Å². The number of aliphatic hydroxyl groups excluding tert-OH is 1. The van der Waals surface area contributed by atoms with Gasteiger partial charge in [0.15, 0.2) is 0 Å². The maximum absolute atomic E-state index is 10.4. The molecule has 0 aliphatic carbocycles. The van der Waals surface area contributed by atoms with E-state index < -0.39 is 5.97 Å². The lowest BCUT2D eigenvalue weighted by Gasteiger charge is -1.98. The summed E-state index contributed by atoms with van der Waals surface area (Å²) in [5.41, 5.74) is 0.240. The minimum atomic E-state index is -0.941. The Hall–Kier alpha value is -1.97. The molecular formula is C11H14O4. The van der Waals surface area contributed by atoms with Gasteiger partial charge in [0.25, 0.3) is 0 Å². The third kappa shape index (κ3) is 5.36. The third-order valence-corrected chi connectivity index (χ3v) is 1.47. The van der Waals surface area contributed by atoms with Gasteiger partial charge in [0.2, 0.25) is 0 Å². The molecule has 1 aromatic carbocycles. The summed E-state index contributed by atoms with van der Waals surface area (Å²) in [4.78, 5) is 10.4. The molecule has 2 N–H and O–H groups in total. The van der Waals surface area contributed by atoms with Crippen molar-refractivity contribution in [2.75, 3.05) is 7.11 Å². The van der Waals surface area contributed by atoms with Crippen LogP contribution in [0.15, 0.2) is 36.6 Å². The van der Waals surface area contributed by atoms with E-state index in [1.54, 1.807) is 25.1 Å². The number of ether oxygens (including phenoxy) is 1. The maximum atomic E-state index is 10.4. The molecule has 0 heterocycles. The molecule has 0 saturated heterocycles. The zero-order valence-corrected chi connectivity index (χ0v) is 8.68. The minimum absolute atomic E-state index is 0.240. The van der Waals surface area contributed by atoms with Crippen LogP contribution < -0.4 is 4.74 Å². The van der Waals surface area contributed by atoms with Crippen LogP contribution in [0.3, 0.4) is 0 Å². The van der Waals surface area contributed by atoms with E-state index in [4.69, 9.17) is 14.9 Å². The predicted molar refractivity (Wildman–Crippen MR) is 57.4 cm³/mol. The molecule has 82 valence electrons. The largest absolute Gasteiger partial charge is 0.516 e. The first-order valence-electron chi connectivity index (χ1n) is 4.28. The van der Waals surface area contributed by atoms with E-state index >= 15 is 0 Å². The van der Waals surface area contributed by atoms with Crippen molar-refractivity contribution in [3.05, 3.63) is 42.2 Å². The normalized spacial score (nSPS) is 9.20. The van der Waals surface area contributed by atoms with E-state index in [1.807, 2.05) is 0 Å². The highest BCUT2D eigenvalue weighted by Gasteiger charge is 2.01. The monoisotopic (exact) mass is 210 g/mol. The molecule has 0 aliphatic rings. The Balaban J connectivity index is 0.000000423. The van der Waals surface area contributed by atoms with Crippen LogP contribution in [0.1, 0.15) is 17.3 Å². The molecule has 0 fully saturated rings. The summed E-state index contributed by atoms with van der Waals surface area (Å²) in [5.74, 6) is -0.381. The molecule has 4 nitrogen and oxygen atoms in total. The second kappa shape index (κ2) is 7.44. The van der Waals surface area contributed by atoms with Gasteiger partial charge in [-0.15, -0.1) is 0 Å². The first kappa shape index (κ1) is 13.0. The summed E-state index contributed by atoms with van der Waals surface area (Å²) in [6.45, 7) is 1.75. The molecule has 0 unspecified atom stereocenters. The molecule has 1 aromatic rings. The fourth-order valence-electron chi connectivity index (χ4n) is 0.756. The minimum Gasteiger partial charge on any atom is -0.516 e. The average molecular weight is 210 g/mol. The van der Waals surface area contributed by atoms with Gasteiger partial charge in [0, 0.05) is 0 Å². The fourth-order valence-corrected chi connectivity index (χ4v) is 0.756. The van der Waals surface area contributed by atoms with E-state index in [0.29, 0.717) is 5.75 Å². The van der Waals surface area contributed by atoms with E-state index in [-0.39, 0.29) is 5.56 Å². The van der Waals surface area contributed by atoms with Gasteiger partial charge >= 0.3 is 5.97 Å². The number of aromatic carboxylic acids is 1. The predicted octanol–water partition coefficient (Wildman–Crippen LogP) is 2.47. The standard InChI is InChI=1S/C8H8O3.C3H6O/c1-11-7-4-2-3-6(5-7)8(9)10;1-2-3-4/h2-5H,1H3,(H,9,10);2-4H,1H3. The number of carboxylic acids is 1. The quantitative estimate of drug-likeness (QED) is 0.736. The molecule has 15 heavy (non-hydrogen) atoms. The molecule has 0 amide bonds. The zero-order chi connectivity index (χ0) is 11.7. The van der Waals surface area contributed by atoms with Crippen LogP contribution in [0.5, 0.6) is 5.75 Å². The van der Waals surface area contributed by atoms with Crippen molar-refractivity contribution in [2.45, 2.75) is 6.92 Å². The van der Waals surface area contributed by atoms with Crippen molar-refractivity contribution in [3.63, 3.8) is 0 Å². The summed E-state index contributed by atoms with van der Waals surface area (Å²) >= 11 is 0. The summed E-state index contributed by atoms with van der Waals surface area (Å²) in [7, 11) is 1.50. The number of aliphatic hydroxyl groups is 1. The lowest BCUT2D eigenvalue weighted by molar-refractivity contribution is 0.0696. The molecule has 0 bridgehead atoms. The molecule has 0 atom stereocenters. The number of carboxylic acid groups (broad SMARTS) is 1. The van der Waals surface area contributed by atoms with Crippen molar-refractivity contribution < 1.29 is 19.7 Å². The molecule has 1 rings (SSSR count). The SMILES string of the molecule is CC=CO.COc1cccc(C(=O)O)c1. The number of hydrogen-bond acceptors (Lipinski definition) is 3. The van der Waals surface area contributed by atoms with Gasteiger partial charge in [-0.05, 0) is 25.1 Å². The first-order valence-corrected chi connectivity index (χ1v) is 4.28. The molecule has 0 radical (unpaired) electrons. The highest BCUT2D eigenvalue weighted by molar-refractivity contribution is 5.87. The van der Waals surface area contributed by atoms with Crippen molar-refractivity contribution >= 4 is 5.97 Å². The van der Waals surface area contributed by atoms with E-state index in [0.717, 1.165) is 6.26 Å². The lowest BCUT2D eigenvalue weighted by atomic mass is 10.2. The highest BCUT2D eigenvalue weighted by atomic mass is 16.5.